The topological polar surface area (TPSA) is 143 Å². The molecule has 1 fully saturated rings. The minimum absolute atomic E-state index is 0.129. The largest absolute Gasteiger partial charge is 0.205 e. The van der Waals surface area contributed by atoms with Crippen LogP contribution in [0.4, 0.5) is 39.5 Å². The second-order valence-corrected chi connectivity index (χ2v) is 11.0. The summed E-state index contributed by atoms with van der Waals surface area (Å²) in [6.07, 6.45) is 0. The van der Waals surface area contributed by atoms with Crippen molar-refractivity contribution in [3.05, 3.63) is 102 Å². The molecule has 0 saturated heterocycles. The first kappa shape index (κ1) is 35.3. The number of nitrogens with zero attached hydrogens (tertiary/aromatic N) is 6. The van der Waals surface area contributed by atoms with Crippen molar-refractivity contribution < 1.29 is 39.5 Å². The van der Waals surface area contributed by atoms with Gasteiger partial charge in [0.05, 0.1) is 33.4 Å². The number of hydrogen-bond donors (Lipinski definition) is 0. The van der Waals surface area contributed by atoms with Crippen molar-refractivity contribution in [2.45, 2.75) is 0 Å². The molecular weight excluding hydrogens is 708 g/mol. The van der Waals surface area contributed by atoms with Gasteiger partial charge in [-0.1, -0.05) is 0 Å². The van der Waals surface area contributed by atoms with Gasteiger partial charge >= 0.3 is 0 Å². The van der Waals surface area contributed by atoms with Crippen LogP contribution in [0.1, 0.15) is 33.4 Å². The molecule has 0 spiro atoms. The number of nitriles is 6. The normalized spacial score (nSPS) is 14.9. The summed E-state index contributed by atoms with van der Waals surface area (Å²) in [5.41, 5.74) is -14.7. The summed E-state index contributed by atoms with van der Waals surface area (Å²) in [7, 11) is 5.91. The van der Waals surface area contributed by atoms with E-state index in [0.29, 0.717) is 0 Å². The van der Waals surface area contributed by atoms with E-state index in [2.05, 4.69) is 9.24 Å². The second-order valence-electron chi connectivity index (χ2n) is 9.24. The van der Waals surface area contributed by atoms with Crippen molar-refractivity contribution in [3.8, 4) is 36.4 Å². The lowest BCUT2D eigenvalue weighted by Crippen LogP contribution is -2.28. The first-order valence-electron chi connectivity index (χ1n) is 12.2. The van der Waals surface area contributed by atoms with Crippen LogP contribution in [0.3, 0.4) is 0 Å². The summed E-state index contributed by atoms with van der Waals surface area (Å²) in [5, 5.41) is 56.6. The molecular formula is C30H6F9N6P3. The highest BCUT2D eigenvalue weighted by atomic mass is 31.0. The number of allylic oxidation sites excluding steroid dienone is 6. The molecule has 1 aliphatic carbocycles. The third kappa shape index (κ3) is 4.99. The molecule has 3 atom stereocenters. The Balaban J connectivity index is 2.38. The van der Waals surface area contributed by atoms with E-state index < -0.39 is 124 Å². The van der Waals surface area contributed by atoms with Gasteiger partial charge in [-0.25, -0.2) is 39.5 Å². The average Bonchev–Trinajstić information content (AvgIpc) is 3.78. The van der Waals surface area contributed by atoms with Crippen molar-refractivity contribution in [1.82, 2.24) is 0 Å². The van der Waals surface area contributed by atoms with Crippen LogP contribution in [0.25, 0.3) is 16.7 Å². The van der Waals surface area contributed by atoms with Gasteiger partial charge in [-0.15, -0.1) is 27.7 Å². The fraction of sp³-hybridized carbons (Fsp3) is 0. The summed E-state index contributed by atoms with van der Waals surface area (Å²) < 4.78 is 135. The Bertz CT molecular complexity index is 2080. The van der Waals surface area contributed by atoms with E-state index in [1.54, 1.807) is 12.1 Å². The van der Waals surface area contributed by atoms with Crippen LogP contribution < -0.4 is 15.9 Å². The van der Waals surface area contributed by atoms with Crippen molar-refractivity contribution in [2.75, 3.05) is 0 Å². The highest BCUT2D eigenvalue weighted by molar-refractivity contribution is 7.36. The maximum Gasteiger partial charge on any atom is 0.180 e. The minimum Gasteiger partial charge on any atom is -0.205 e. The monoisotopic (exact) mass is 714 g/mol. The van der Waals surface area contributed by atoms with Gasteiger partial charge in [-0.3, -0.25) is 0 Å². The summed E-state index contributed by atoms with van der Waals surface area (Å²) >= 11 is 0. The zero-order chi connectivity index (χ0) is 36.1. The van der Waals surface area contributed by atoms with Gasteiger partial charge in [0.2, 0.25) is 0 Å². The molecule has 0 radical (unpaired) electrons. The van der Waals surface area contributed by atoms with E-state index in [0.717, 1.165) is 12.1 Å². The van der Waals surface area contributed by atoms with Gasteiger partial charge < -0.3 is 0 Å². The second kappa shape index (κ2) is 12.9. The van der Waals surface area contributed by atoms with Crippen molar-refractivity contribution >= 4 is 60.4 Å². The fourth-order valence-corrected chi connectivity index (χ4v) is 6.09. The number of rotatable bonds is 3. The van der Waals surface area contributed by atoms with Gasteiger partial charge in [0.25, 0.3) is 0 Å². The maximum atomic E-state index is 15.2. The smallest absolute Gasteiger partial charge is 0.180 e. The van der Waals surface area contributed by atoms with E-state index in [4.69, 9.17) is 10.5 Å². The highest BCUT2D eigenvalue weighted by Crippen LogP contribution is 2.57. The Labute approximate surface area is 270 Å². The predicted molar refractivity (Wildman–Crippen MR) is 159 cm³/mol. The van der Waals surface area contributed by atoms with Crippen LogP contribution in [0.2, 0.25) is 0 Å². The van der Waals surface area contributed by atoms with Gasteiger partial charge in [0.1, 0.15) is 53.4 Å². The molecule has 234 valence electrons. The molecule has 6 nitrogen and oxygen atoms in total. The molecule has 1 saturated carbocycles. The Morgan fingerprint density at radius 3 is 0.917 bits per heavy atom. The van der Waals surface area contributed by atoms with Crippen LogP contribution >= 0.6 is 27.7 Å². The lowest BCUT2D eigenvalue weighted by molar-refractivity contribution is 0.446. The first-order chi connectivity index (χ1) is 22.6. The van der Waals surface area contributed by atoms with Crippen molar-refractivity contribution in [3.63, 3.8) is 0 Å². The van der Waals surface area contributed by atoms with E-state index in [1.807, 2.05) is 18.5 Å². The maximum absolute atomic E-state index is 15.2. The molecule has 1 aliphatic rings. The van der Waals surface area contributed by atoms with Gasteiger partial charge in [0.15, 0.2) is 46.5 Å². The van der Waals surface area contributed by atoms with Gasteiger partial charge in [0, 0.05) is 27.6 Å². The van der Waals surface area contributed by atoms with Crippen LogP contribution in [-0.2, 0) is 0 Å². The van der Waals surface area contributed by atoms with Crippen molar-refractivity contribution in [2.24, 2.45) is 0 Å². The van der Waals surface area contributed by atoms with Gasteiger partial charge in [-0.2, -0.15) is 31.6 Å². The molecule has 0 heterocycles. The summed E-state index contributed by atoms with van der Waals surface area (Å²) in [6, 6.07) is 7.30. The number of halogens is 9. The zero-order valence-electron chi connectivity index (χ0n) is 22.8. The minimum atomic E-state index is -2.33. The Morgan fingerprint density at radius 1 is 0.354 bits per heavy atom. The Hall–Kier alpha value is -5.52. The predicted octanol–water partition coefficient (Wildman–Crippen LogP) is 5.30. The third-order valence-corrected chi connectivity index (χ3v) is 9.01. The van der Waals surface area contributed by atoms with E-state index in [1.165, 1.54) is 12.1 Å². The van der Waals surface area contributed by atoms with E-state index in [9.17, 15) is 38.6 Å². The summed E-state index contributed by atoms with van der Waals surface area (Å²) in [5.74, 6) is -19.7. The zero-order valence-corrected chi connectivity index (χ0v) is 26.3. The molecule has 3 unspecified atom stereocenters. The molecule has 0 amide bonds. The molecule has 0 N–H and O–H groups in total. The number of hydrogen-bond acceptors (Lipinski definition) is 6. The van der Waals surface area contributed by atoms with E-state index in [-0.39, 0.29) is 10.6 Å². The Kier molecular flexibility index (Phi) is 9.52. The van der Waals surface area contributed by atoms with Crippen LogP contribution in [-0.4, -0.2) is 0 Å². The molecule has 3 aromatic rings. The summed E-state index contributed by atoms with van der Waals surface area (Å²) in [6.45, 7) is 0. The van der Waals surface area contributed by atoms with Gasteiger partial charge in [-0.05, 0) is 10.6 Å². The Morgan fingerprint density at radius 2 is 0.646 bits per heavy atom. The van der Waals surface area contributed by atoms with Crippen LogP contribution in [0, 0.1) is 120 Å². The third-order valence-electron chi connectivity index (χ3n) is 6.94. The fourth-order valence-electron chi connectivity index (χ4n) is 4.70. The molecule has 3 aromatic carbocycles. The molecule has 0 bridgehead atoms. The molecule has 0 aliphatic heterocycles. The lowest BCUT2D eigenvalue weighted by Gasteiger charge is -2.14. The SMILES string of the molecule is N#CC(=C1C(=C(/C#N)c2c(F)c(F)c(C#N)c(F)c2F)/C1=C(/C#N)c1c(P)c(F)c(C#N)c(P)c1P)c1c(F)c(F)c(C#N)c(F)c1F. The molecule has 18 heteroatoms. The molecule has 0 aromatic heterocycles. The number of benzene rings is 3. The summed E-state index contributed by atoms with van der Waals surface area (Å²) in [4.78, 5) is 0. The molecule has 4 rings (SSSR count). The van der Waals surface area contributed by atoms with Crippen LogP contribution in [0.15, 0.2) is 16.7 Å². The standard InChI is InChI=1S/C30H6F9N6P3/c31-19-10(4-43)20(32)25(37)16(24(19)36)7(1-40)13-14(8(2-41)17-26(38)21(33)11(5-44)22(34)27(17)39)15(13)9(3-42)18-29(47)23(35)12(6-45)28(46)30(18)48/h46-48H2/b13-7+,14-8?,15-9+. The highest BCUT2D eigenvalue weighted by Gasteiger charge is 2.45. The van der Waals surface area contributed by atoms with Crippen molar-refractivity contribution in [1.29, 1.82) is 31.6 Å². The molecule has 48 heavy (non-hydrogen) atoms. The lowest BCUT2D eigenvalue weighted by atomic mass is 9.99. The van der Waals surface area contributed by atoms with Crippen LogP contribution in [0.5, 0.6) is 0 Å². The first-order valence-corrected chi connectivity index (χ1v) is 13.9. The van der Waals surface area contributed by atoms with E-state index >= 15 is 22.0 Å². The average molecular weight is 714 g/mol. The quantitative estimate of drug-likeness (QED) is 0.156.